The molecule has 1 amide bonds. The van der Waals surface area contributed by atoms with Crippen molar-refractivity contribution in [1.82, 2.24) is 5.32 Å². The fraction of sp³-hybridized carbons (Fsp3) is 0.917. The lowest BCUT2D eigenvalue weighted by Crippen LogP contribution is -2.43. The van der Waals surface area contributed by atoms with Gasteiger partial charge in [-0.05, 0) is 31.7 Å². The Labute approximate surface area is 103 Å². The third-order valence-corrected chi connectivity index (χ3v) is 2.62. The average molecular weight is 246 g/mol. The highest BCUT2D eigenvalue weighted by Gasteiger charge is 2.21. The predicted molar refractivity (Wildman–Crippen MR) is 67.3 cm³/mol. The number of amides is 1. The Bertz CT molecular complexity index is 230. The Hall–Kier alpha value is -0.650. The second-order valence-corrected chi connectivity index (χ2v) is 5.37. The van der Waals surface area contributed by atoms with E-state index in [9.17, 15) is 9.90 Å². The molecule has 17 heavy (non-hydrogen) atoms. The van der Waals surface area contributed by atoms with Gasteiger partial charge in [-0.15, -0.1) is 0 Å². The number of hydrogen-bond donors (Lipinski definition) is 4. The molecule has 0 spiro atoms. The van der Waals surface area contributed by atoms with Crippen molar-refractivity contribution in [3.63, 3.8) is 0 Å². The van der Waals surface area contributed by atoms with Crippen LogP contribution in [0.3, 0.4) is 0 Å². The molecule has 102 valence electrons. The number of aliphatic hydroxyl groups excluding tert-OH is 1. The molecule has 5 N–H and O–H groups in total. The molecule has 0 aliphatic heterocycles. The minimum atomic E-state index is -1.26. The summed E-state index contributed by atoms with van der Waals surface area (Å²) in [4.78, 5) is 11.6. The Morgan fingerprint density at radius 3 is 2.47 bits per heavy atom. The summed E-state index contributed by atoms with van der Waals surface area (Å²) in [6.07, 6.45) is 1.29. The number of carbonyl (C=O) groups is 1. The molecular formula is C12H26N2O3. The van der Waals surface area contributed by atoms with Crippen LogP contribution in [0, 0.1) is 11.8 Å². The van der Waals surface area contributed by atoms with Crippen LogP contribution in [0.15, 0.2) is 0 Å². The zero-order valence-electron chi connectivity index (χ0n) is 11.1. The van der Waals surface area contributed by atoms with Gasteiger partial charge >= 0.3 is 0 Å². The molecule has 0 bridgehead atoms. The third kappa shape index (κ3) is 8.12. The molecule has 0 radical (unpaired) electrons. The maximum atomic E-state index is 11.6. The van der Waals surface area contributed by atoms with Gasteiger partial charge in [-0.1, -0.05) is 13.8 Å². The third-order valence-electron chi connectivity index (χ3n) is 2.62. The number of carbonyl (C=O) groups excluding carboxylic acids is 1. The summed E-state index contributed by atoms with van der Waals surface area (Å²) >= 11 is 0. The van der Waals surface area contributed by atoms with Gasteiger partial charge in [-0.2, -0.15) is 0 Å². The van der Waals surface area contributed by atoms with Gasteiger partial charge in [0.1, 0.15) is 5.60 Å². The van der Waals surface area contributed by atoms with Crippen LogP contribution in [0.1, 0.15) is 33.6 Å². The van der Waals surface area contributed by atoms with Crippen LogP contribution in [-0.2, 0) is 4.79 Å². The standard InChI is InChI=1S/C12H26N2O3/c1-9(2)4-10(6-13)5-11(16)14-7-12(3,17)8-15/h9-10,15,17H,4-8,13H2,1-3H3,(H,14,16). The Kier molecular flexibility index (Phi) is 7.34. The van der Waals surface area contributed by atoms with E-state index in [4.69, 9.17) is 10.8 Å². The van der Waals surface area contributed by atoms with Gasteiger partial charge in [0.05, 0.1) is 6.61 Å². The molecule has 2 atom stereocenters. The van der Waals surface area contributed by atoms with E-state index >= 15 is 0 Å². The van der Waals surface area contributed by atoms with Gasteiger partial charge in [-0.25, -0.2) is 0 Å². The second kappa shape index (κ2) is 7.63. The fourth-order valence-electron chi connectivity index (χ4n) is 1.61. The lowest BCUT2D eigenvalue weighted by Gasteiger charge is -2.22. The van der Waals surface area contributed by atoms with E-state index in [0.29, 0.717) is 18.9 Å². The smallest absolute Gasteiger partial charge is 0.220 e. The molecule has 0 aromatic rings. The maximum Gasteiger partial charge on any atom is 0.220 e. The largest absolute Gasteiger partial charge is 0.393 e. The first-order chi connectivity index (χ1) is 7.80. The van der Waals surface area contributed by atoms with Crippen LogP contribution in [0.5, 0.6) is 0 Å². The number of nitrogens with two attached hydrogens (primary N) is 1. The van der Waals surface area contributed by atoms with Crippen LogP contribution in [-0.4, -0.2) is 41.4 Å². The van der Waals surface area contributed by atoms with Crippen molar-refractivity contribution >= 4 is 5.91 Å². The van der Waals surface area contributed by atoms with Crippen LogP contribution < -0.4 is 11.1 Å². The van der Waals surface area contributed by atoms with Gasteiger partial charge in [0.15, 0.2) is 0 Å². The Morgan fingerprint density at radius 1 is 1.47 bits per heavy atom. The quantitative estimate of drug-likeness (QED) is 0.479. The monoisotopic (exact) mass is 246 g/mol. The molecule has 5 nitrogen and oxygen atoms in total. The molecule has 0 aromatic carbocycles. The zero-order valence-corrected chi connectivity index (χ0v) is 11.1. The number of aliphatic hydroxyl groups is 2. The van der Waals surface area contributed by atoms with Crippen molar-refractivity contribution in [3.8, 4) is 0 Å². The van der Waals surface area contributed by atoms with Crippen molar-refractivity contribution in [2.75, 3.05) is 19.7 Å². The molecule has 5 heteroatoms. The molecule has 0 aliphatic rings. The molecule has 0 heterocycles. The molecule has 0 aromatic heterocycles. The first-order valence-electron chi connectivity index (χ1n) is 6.10. The summed E-state index contributed by atoms with van der Waals surface area (Å²) in [5, 5.41) is 21.0. The zero-order chi connectivity index (χ0) is 13.5. The normalized spacial score (nSPS) is 16.6. The average Bonchev–Trinajstić information content (AvgIpc) is 2.25. The maximum absolute atomic E-state index is 11.6. The number of hydrogen-bond acceptors (Lipinski definition) is 4. The molecule has 0 saturated heterocycles. The first-order valence-corrected chi connectivity index (χ1v) is 6.10. The van der Waals surface area contributed by atoms with Crippen molar-refractivity contribution < 1.29 is 15.0 Å². The van der Waals surface area contributed by atoms with Crippen molar-refractivity contribution in [2.45, 2.75) is 39.2 Å². The van der Waals surface area contributed by atoms with E-state index in [1.807, 2.05) is 0 Å². The Morgan fingerprint density at radius 2 is 2.06 bits per heavy atom. The van der Waals surface area contributed by atoms with E-state index in [1.165, 1.54) is 6.92 Å². The van der Waals surface area contributed by atoms with Gasteiger partial charge < -0.3 is 21.3 Å². The highest BCUT2D eigenvalue weighted by molar-refractivity contribution is 5.76. The SMILES string of the molecule is CC(C)CC(CN)CC(=O)NCC(C)(O)CO. The molecular weight excluding hydrogens is 220 g/mol. The topological polar surface area (TPSA) is 95.6 Å². The van der Waals surface area contributed by atoms with Crippen molar-refractivity contribution in [2.24, 2.45) is 17.6 Å². The second-order valence-electron chi connectivity index (χ2n) is 5.37. The summed E-state index contributed by atoms with van der Waals surface area (Å²) in [6.45, 7) is 5.83. The van der Waals surface area contributed by atoms with E-state index in [0.717, 1.165) is 6.42 Å². The summed E-state index contributed by atoms with van der Waals surface area (Å²) < 4.78 is 0. The van der Waals surface area contributed by atoms with E-state index < -0.39 is 5.60 Å². The van der Waals surface area contributed by atoms with Crippen molar-refractivity contribution in [3.05, 3.63) is 0 Å². The van der Waals surface area contributed by atoms with Crippen LogP contribution >= 0.6 is 0 Å². The lowest BCUT2D eigenvalue weighted by atomic mass is 9.94. The Balaban J connectivity index is 3.99. The molecule has 0 rings (SSSR count). The number of rotatable bonds is 8. The van der Waals surface area contributed by atoms with Crippen LogP contribution in [0.2, 0.25) is 0 Å². The molecule has 0 saturated carbocycles. The van der Waals surface area contributed by atoms with E-state index in [1.54, 1.807) is 0 Å². The minimum Gasteiger partial charge on any atom is -0.393 e. The number of nitrogens with one attached hydrogen (secondary N) is 1. The fourth-order valence-corrected chi connectivity index (χ4v) is 1.61. The van der Waals surface area contributed by atoms with Crippen LogP contribution in [0.4, 0.5) is 0 Å². The van der Waals surface area contributed by atoms with Crippen molar-refractivity contribution in [1.29, 1.82) is 0 Å². The predicted octanol–water partition coefficient (Wildman–Crippen LogP) is -0.143. The van der Waals surface area contributed by atoms with Gasteiger partial charge in [0.25, 0.3) is 0 Å². The van der Waals surface area contributed by atoms with Gasteiger partial charge in [0, 0.05) is 13.0 Å². The van der Waals surface area contributed by atoms with Gasteiger partial charge in [-0.3, -0.25) is 4.79 Å². The van der Waals surface area contributed by atoms with Crippen LogP contribution in [0.25, 0.3) is 0 Å². The summed E-state index contributed by atoms with van der Waals surface area (Å²) in [5.74, 6) is 0.556. The minimum absolute atomic E-state index is 0.0568. The lowest BCUT2D eigenvalue weighted by molar-refractivity contribution is -0.123. The summed E-state index contributed by atoms with van der Waals surface area (Å²) in [7, 11) is 0. The molecule has 0 aliphatic carbocycles. The highest BCUT2D eigenvalue weighted by atomic mass is 16.3. The molecule has 2 unspecified atom stereocenters. The van der Waals surface area contributed by atoms with Gasteiger partial charge in [0.2, 0.25) is 5.91 Å². The molecule has 0 fully saturated rings. The highest BCUT2D eigenvalue weighted by Crippen LogP contribution is 2.14. The summed E-state index contributed by atoms with van der Waals surface area (Å²) in [6, 6.07) is 0. The van der Waals surface area contributed by atoms with E-state index in [-0.39, 0.29) is 25.0 Å². The first kappa shape index (κ1) is 16.4. The summed E-state index contributed by atoms with van der Waals surface area (Å²) in [5.41, 5.74) is 4.35. The van der Waals surface area contributed by atoms with E-state index in [2.05, 4.69) is 19.2 Å².